The monoisotopic (exact) mass is 194 g/mol. The first-order chi connectivity index (χ1) is 6.43. The fourth-order valence-electron chi connectivity index (χ4n) is 2.15. The highest BCUT2D eigenvalue weighted by molar-refractivity contribution is 5.88. The molecule has 2 nitrogen and oxygen atoms in total. The topological polar surface area (TPSA) is 34.1 Å². The van der Waals surface area contributed by atoms with E-state index < -0.39 is 0 Å². The highest BCUT2D eigenvalue weighted by Gasteiger charge is 2.33. The van der Waals surface area contributed by atoms with Crippen molar-refractivity contribution in [2.45, 2.75) is 40.5 Å². The van der Waals surface area contributed by atoms with Crippen LogP contribution >= 0.6 is 0 Å². The molecule has 0 unspecified atom stereocenters. The molecule has 0 saturated heterocycles. The van der Waals surface area contributed by atoms with Crippen LogP contribution in [0, 0.1) is 11.8 Å². The molecule has 0 aliphatic heterocycles. The molecule has 2 atom stereocenters. The van der Waals surface area contributed by atoms with Crippen LogP contribution in [-0.2, 0) is 9.59 Å². The summed E-state index contributed by atoms with van der Waals surface area (Å²) in [4.78, 5) is 22.8. The molecule has 1 aliphatic carbocycles. The van der Waals surface area contributed by atoms with Gasteiger partial charge in [-0.25, -0.2) is 0 Å². The molecular weight excluding hydrogens is 176 g/mol. The summed E-state index contributed by atoms with van der Waals surface area (Å²) >= 11 is 0. The molecule has 2 heteroatoms. The minimum Gasteiger partial charge on any atom is -0.300 e. The minimum absolute atomic E-state index is 0.0730. The van der Waals surface area contributed by atoms with Gasteiger partial charge in [0, 0.05) is 11.8 Å². The lowest BCUT2D eigenvalue weighted by Crippen LogP contribution is -2.30. The molecule has 0 aromatic carbocycles. The van der Waals surface area contributed by atoms with Crippen LogP contribution in [0.4, 0.5) is 0 Å². The van der Waals surface area contributed by atoms with Gasteiger partial charge in [-0.05, 0) is 40.5 Å². The number of carbonyl (C=O) groups is 2. The van der Waals surface area contributed by atoms with Crippen molar-refractivity contribution in [2.24, 2.45) is 11.8 Å². The summed E-state index contributed by atoms with van der Waals surface area (Å²) < 4.78 is 0. The molecule has 0 spiro atoms. The lowest BCUT2D eigenvalue weighted by Gasteiger charge is -2.29. The van der Waals surface area contributed by atoms with E-state index in [1.807, 2.05) is 0 Å². The van der Waals surface area contributed by atoms with Gasteiger partial charge in [0.1, 0.15) is 11.6 Å². The number of carbonyl (C=O) groups excluding carboxylic acids is 2. The number of hydrogen-bond donors (Lipinski definition) is 0. The summed E-state index contributed by atoms with van der Waals surface area (Å²) in [5, 5.41) is 0. The summed E-state index contributed by atoms with van der Waals surface area (Å²) in [6, 6.07) is 0. The SMILES string of the molecule is CC(=O)[C@H]1CC(C)=C(C)C[C@@H]1C(C)=O. The van der Waals surface area contributed by atoms with Crippen molar-refractivity contribution in [1.29, 1.82) is 0 Å². The second-order valence-electron chi connectivity index (χ2n) is 4.40. The first kappa shape index (κ1) is 11.2. The summed E-state index contributed by atoms with van der Waals surface area (Å²) in [7, 11) is 0. The zero-order valence-corrected chi connectivity index (χ0v) is 9.39. The molecule has 78 valence electrons. The van der Waals surface area contributed by atoms with E-state index in [1.165, 1.54) is 11.1 Å². The molecule has 0 heterocycles. The zero-order valence-electron chi connectivity index (χ0n) is 9.39. The normalized spacial score (nSPS) is 27.7. The minimum atomic E-state index is -0.0730. The van der Waals surface area contributed by atoms with Crippen LogP contribution in [0.5, 0.6) is 0 Å². The van der Waals surface area contributed by atoms with Crippen LogP contribution in [0.3, 0.4) is 0 Å². The maximum atomic E-state index is 11.4. The quantitative estimate of drug-likeness (QED) is 0.633. The average molecular weight is 194 g/mol. The second-order valence-corrected chi connectivity index (χ2v) is 4.40. The molecule has 14 heavy (non-hydrogen) atoms. The fourth-order valence-corrected chi connectivity index (χ4v) is 2.15. The molecule has 0 fully saturated rings. The Balaban J connectivity index is 2.95. The molecule has 0 radical (unpaired) electrons. The Hall–Kier alpha value is -0.920. The fraction of sp³-hybridized carbons (Fsp3) is 0.667. The van der Waals surface area contributed by atoms with Crippen LogP contribution in [0.2, 0.25) is 0 Å². The molecule has 0 aromatic heterocycles. The first-order valence-corrected chi connectivity index (χ1v) is 5.09. The van der Waals surface area contributed by atoms with Gasteiger partial charge in [-0.3, -0.25) is 9.59 Å². The Morgan fingerprint density at radius 1 is 0.929 bits per heavy atom. The van der Waals surface area contributed by atoms with Crippen molar-refractivity contribution in [1.82, 2.24) is 0 Å². The van der Waals surface area contributed by atoms with E-state index in [-0.39, 0.29) is 23.4 Å². The molecule has 0 bridgehead atoms. The van der Waals surface area contributed by atoms with Gasteiger partial charge in [0.2, 0.25) is 0 Å². The molecule has 1 aliphatic rings. The number of hydrogen-bond acceptors (Lipinski definition) is 2. The maximum Gasteiger partial charge on any atom is 0.133 e. The van der Waals surface area contributed by atoms with Gasteiger partial charge in [0.15, 0.2) is 0 Å². The predicted octanol–water partition coefficient (Wildman–Crippen LogP) is 2.53. The highest BCUT2D eigenvalue weighted by Crippen LogP contribution is 2.34. The van der Waals surface area contributed by atoms with E-state index >= 15 is 0 Å². The Kier molecular flexibility index (Phi) is 3.25. The third kappa shape index (κ3) is 2.11. The van der Waals surface area contributed by atoms with Crippen molar-refractivity contribution in [2.75, 3.05) is 0 Å². The Bertz CT molecular complexity index is 269. The standard InChI is InChI=1S/C12H18O2/c1-7-5-11(9(3)13)12(10(4)14)6-8(7)2/h11-12H,5-6H2,1-4H3/t11-,12-/m1/s1. The molecule has 0 amide bonds. The van der Waals surface area contributed by atoms with Gasteiger partial charge >= 0.3 is 0 Å². The van der Waals surface area contributed by atoms with Crippen LogP contribution in [0.25, 0.3) is 0 Å². The number of rotatable bonds is 2. The Morgan fingerprint density at radius 3 is 1.43 bits per heavy atom. The van der Waals surface area contributed by atoms with Crippen LogP contribution in [0.1, 0.15) is 40.5 Å². The summed E-state index contributed by atoms with van der Waals surface area (Å²) in [5.74, 6) is 0.154. The molecule has 1 rings (SSSR count). The van der Waals surface area contributed by atoms with Gasteiger partial charge in [0.05, 0.1) is 0 Å². The van der Waals surface area contributed by atoms with E-state index in [2.05, 4.69) is 13.8 Å². The van der Waals surface area contributed by atoms with Gasteiger partial charge in [-0.15, -0.1) is 0 Å². The van der Waals surface area contributed by atoms with E-state index in [4.69, 9.17) is 0 Å². The van der Waals surface area contributed by atoms with Gasteiger partial charge in [0.25, 0.3) is 0 Å². The summed E-state index contributed by atoms with van der Waals surface area (Å²) in [6.07, 6.45) is 1.54. The van der Waals surface area contributed by atoms with Crippen molar-refractivity contribution >= 4 is 11.6 Å². The van der Waals surface area contributed by atoms with E-state index in [9.17, 15) is 9.59 Å². The molecule has 0 N–H and O–H groups in total. The Morgan fingerprint density at radius 2 is 1.21 bits per heavy atom. The van der Waals surface area contributed by atoms with Crippen molar-refractivity contribution < 1.29 is 9.59 Å². The smallest absolute Gasteiger partial charge is 0.133 e. The van der Waals surface area contributed by atoms with Gasteiger partial charge in [-0.1, -0.05) is 11.1 Å². The average Bonchev–Trinajstić information content (AvgIpc) is 2.08. The third-order valence-electron chi connectivity index (χ3n) is 3.31. The lowest BCUT2D eigenvalue weighted by molar-refractivity contribution is -0.130. The number of Topliss-reactive ketones (excluding diaryl/α,β-unsaturated/α-hetero) is 2. The number of allylic oxidation sites excluding steroid dienone is 2. The van der Waals surface area contributed by atoms with E-state index in [0.717, 1.165) is 12.8 Å². The summed E-state index contributed by atoms with van der Waals surface area (Å²) in [6.45, 7) is 7.30. The van der Waals surface area contributed by atoms with Gasteiger partial charge in [-0.2, -0.15) is 0 Å². The van der Waals surface area contributed by atoms with Crippen molar-refractivity contribution in [3.8, 4) is 0 Å². The zero-order chi connectivity index (χ0) is 10.9. The maximum absolute atomic E-state index is 11.4. The molecular formula is C12H18O2. The van der Waals surface area contributed by atoms with Crippen molar-refractivity contribution in [3.63, 3.8) is 0 Å². The van der Waals surface area contributed by atoms with E-state index in [1.54, 1.807) is 13.8 Å². The summed E-state index contributed by atoms with van der Waals surface area (Å²) in [5.41, 5.74) is 2.56. The van der Waals surface area contributed by atoms with Crippen LogP contribution in [-0.4, -0.2) is 11.6 Å². The first-order valence-electron chi connectivity index (χ1n) is 5.09. The molecule has 0 saturated carbocycles. The number of ketones is 2. The van der Waals surface area contributed by atoms with Crippen molar-refractivity contribution in [3.05, 3.63) is 11.1 Å². The largest absolute Gasteiger partial charge is 0.300 e. The van der Waals surface area contributed by atoms with Crippen LogP contribution in [0.15, 0.2) is 11.1 Å². The lowest BCUT2D eigenvalue weighted by atomic mass is 9.73. The Labute approximate surface area is 85.4 Å². The second kappa shape index (κ2) is 4.07. The van der Waals surface area contributed by atoms with E-state index in [0.29, 0.717) is 0 Å². The third-order valence-corrected chi connectivity index (χ3v) is 3.31. The van der Waals surface area contributed by atoms with Crippen LogP contribution < -0.4 is 0 Å². The predicted molar refractivity (Wildman–Crippen MR) is 56.0 cm³/mol. The highest BCUT2D eigenvalue weighted by atomic mass is 16.1. The van der Waals surface area contributed by atoms with Gasteiger partial charge < -0.3 is 0 Å². The molecule has 0 aromatic rings.